The number of aromatic amines is 1. The molecule has 0 aliphatic heterocycles. The second-order valence-electron chi connectivity index (χ2n) is 2.16. The van der Waals surface area contributed by atoms with E-state index in [1.54, 1.807) is 4.98 Å². The van der Waals surface area contributed by atoms with Crippen LogP contribution in [-0.2, 0) is 0 Å². The van der Waals surface area contributed by atoms with Crippen LogP contribution < -0.4 is 16.6 Å². The molecule has 7 heteroatoms. The molecule has 0 saturated heterocycles. The van der Waals surface area contributed by atoms with E-state index in [1.807, 2.05) is 13.8 Å². The highest BCUT2D eigenvalue weighted by Gasteiger charge is 2.08. The zero-order valence-electron chi connectivity index (χ0n) is 8.63. The largest absolute Gasteiger partial charge is 0.340 e. The predicted octanol–water partition coefficient (Wildman–Crippen LogP) is -0.111. The van der Waals surface area contributed by atoms with Gasteiger partial charge in [0.25, 0.3) is 5.56 Å². The number of carbonyl (C=O) groups excluding carboxylic acids is 1. The Bertz CT molecular complexity index is 449. The summed E-state index contributed by atoms with van der Waals surface area (Å²) in [4.78, 5) is 33.9. The van der Waals surface area contributed by atoms with E-state index in [0.717, 1.165) is 0 Å². The van der Waals surface area contributed by atoms with Crippen LogP contribution >= 0.6 is 0 Å². The molecule has 0 aliphatic carbocycles. The fourth-order valence-corrected chi connectivity index (χ4v) is 0.719. The zero-order valence-corrected chi connectivity index (χ0v) is 8.63. The lowest BCUT2D eigenvalue weighted by molar-refractivity contribution is 0.242. The Hall–Kier alpha value is -1.92. The van der Waals surface area contributed by atoms with E-state index >= 15 is 0 Å². The van der Waals surface area contributed by atoms with Gasteiger partial charge in [0.2, 0.25) is 5.82 Å². The summed E-state index contributed by atoms with van der Waals surface area (Å²) in [6.07, 6.45) is 0.528. The molecule has 0 radical (unpaired) electrons. The zero-order chi connectivity index (χ0) is 12.0. The van der Waals surface area contributed by atoms with Gasteiger partial charge in [0.15, 0.2) is 0 Å². The molecule has 1 heterocycles. The Morgan fingerprint density at radius 3 is 2.47 bits per heavy atom. The Morgan fingerprint density at radius 1 is 1.47 bits per heavy atom. The molecule has 0 atom stereocenters. The molecular weight excluding hydrogens is 205 g/mol. The second-order valence-corrected chi connectivity index (χ2v) is 2.16. The molecule has 0 spiro atoms. The number of nitrogens with one attached hydrogen (secondary N) is 2. The van der Waals surface area contributed by atoms with Gasteiger partial charge in [0, 0.05) is 7.05 Å². The first-order valence-corrected chi connectivity index (χ1v) is 4.30. The number of carbonyl (C=O) groups is 1. The minimum Gasteiger partial charge on any atom is -0.340 e. The van der Waals surface area contributed by atoms with Gasteiger partial charge < -0.3 is 5.32 Å². The van der Waals surface area contributed by atoms with Crippen molar-refractivity contribution in [2.24, 2.45) is 0 Å². The summed E-state index contributed by atoms with van der Waals surface area (Å²) in [6, 6.07) is -0.819. The predicted molar refractivity (Wildman–Crippen MR) is 52.5 cm³/mol. The lowest BCUT2D eigenvalue weighted by Gasteiger charge is -2.00. The molecule has 1 aromatic heterocycles. The average Bonchev–Trinajstić information content (AvgIpc) is 2.25. The lowest BCUT2D eigenvalue weighted by Crippen LogP contribution is -2.39. The molecule has 6 nitrogen and oxygen atoms in total. The third-order valence-electron chi connectivity index (χ3n) is 1.33. The Labute approximate surface area is 84.7 Å². The minimum atomic E-state index is -1.19. The summed E-state index contributed by atoms with van der Waals surface area (Å²) < 4.78 is 13.0. The highest BCUT2D eigenvalue weighted by molar-refractivity contribution is 5.75. The number of halogens is 1. The quantitative estimate of drug-likeness (QED) is 0.636. The number of H-pyrrole nitrogens is 1. The van der Waals surface area contributed by atoms with Gasteiger partial charge >= 0.3 is 11.7 Å². The second kappa shape index (κ2) is 5.74. The van der Waals surface area contributed by atoms with Crippen LogP contribution in [0, 0.1) is 5.82 Å². The topological polar surface area (TPSA) is 84.0 Å². The van der Waals surface area contributed by atoms with E-state index in [2.05, 4.69) is 5.32 Å². The highest BCUT2D eigenvalue weighted by atomic mass is 19.1. The Morgan fingerprint density at radius 2 is 2.00 bits per heavy atom. The third kappa shape index (κ3) is 3.04. The van der Waals surface area contributed by atoms with Crippen molar-refractivity contribution in [2.75, 3.05) is 7.05 Å². The normalized spacial score (nSPS) is 8.80. The van der Waals surface area contributed by atoms with E-state index in [9.17, 15) is 18.8 Å². The molecule has 0 aliphatic rings. The van der Waals surface area contributed by atoms with Crippen LogP contribution in [0.4, 0.5) is 9.18 Å². The number of hydrogen-bond acceptors (Lipinski definition) is 3. The molecule has 0 fully saturated rings. The molecule has 0 saturated carbocycles. The van der Waals surface area contributed by atoms with Crippen LogP contribution in [0.3, 0.4) is 0 Å². The molecule has 0 bridgehead atoms. The summed E-state index contributed by atoms with van der Waals surface area (Å²) in [6.45, 7) is 4.00. The number of nitrogens with zero attached hydrogens (tertiary/aromatic N) is 1. The van der Waals surface area contributed by atoms with Gasteiger partial charge in [-0.2, -0.15) is 4.39 Å². The smallest absolute Gasteiger partial charge is 0.336 e. The maximum absolute atomic E-state index is 12.6. The molecule has 1 rings (SSSR count). The van der Waals surface area contributed by atoms with Crippen LogP contribution in [0.2, 0.25) is 0 Å². The van der Waals surface area contributed by atoms with Crippen LogP contribution in [0.25, 0.3) is 0 Å². The van der Waals surface area contributed by atoms with Gasteiger partial charge in [-0.1, -0.05) is 13.8 Å². The first kappa shape index (κ1) is 13.1. The van der Waals surface area contributed by atoms with Gasteiger partial charge in [0.1, 0.15) is 0 Å². The van der Waals surface area contributed by atoms with E-state index in [4.69, 9.17) is 0 Å². The SMILES string of the molecule is CC.CNC(=O)n1cc(F)c(=O)[nH]c1=O. The molecule has 84 valence electrons. The third-order valence-corrected chi connectivity index (χ3v) is 1.33. The van der Waals surface area contributed by atoms with Crippen molar-refractivity contribution >= 4 is 6.03 Å². The maximum atomic E-state index is 12.6. The van der Waals surface area contributed by atoms with E-state index < -0.39 is 23.1 Å². The van der Waals surface area contributed by atoms with Crippen molar-refractivity contribution in [3.8, 4) is 0 Å². The van der Waals surface area contributed by atoms with Gasteiger partial charge in [-0.05, 0) is 0 Å². The van der Waals surface area contributed by atoms with Crippen molar-refractivity contribution in [1.29, 1.82) is 0 Å². The van der Waals surface area contributed by atoms with Gasteiger partial charge in [-0.25, -0.2) is 14.2 Å². The number of aromatic nitrogens is 2. The summed E-state index contributed by atoms with van der Waals surface area (Å²) in [5, 5.41) is 2.10. The average molecular weight is 217 g/mol. The summed E-state index contributed by atoms with van der Waals surface area (Å²) in [5.41, 5.74) is -2.13. The van der Waals surface area contributed by atoms with Crippen LogP contribution in [0.15, 0.2) is 15.8 Å². The van der Waals surface area contributed by atoms with Gasteiger partial charge in [0.05, 0.1) is 6.20 Å². The van der Waals surface area contributed by atoms with Crippen LogP contribution in [0.1, 0.15) is 13.8 Å². The maximum Gasteiger partial charge on any atom is 0.336 e. The van der Waals surface area contributed by atoms with Crippen LogP contribution in [-0.4, -0.2) is 22.6 Å². The summed E-state index contributed by atoms with van der Waals surface area (Å²) in [7, 11) is 1.28. The molecule has 1 aromatic rings. The first-order chi connectivity index (χ1) is 7.06. The molecule has 0 unspecified atom stereocenters. The first-order valence-electron chi connectivity index (χ1n) is 4.30. The van der Waals surface area contributed by atoms with Crippen molar-refractivity contribution in [2.45, 2.75) is 13.8 Å². The minimum absolute atomic E-state index is 0.427. The Kier molecular flexibility index (Phi) is 5.00. The summed E-state index contributed by atoms with van der Waals surface area (Å²) in [5.74, 6) is -1.19. The Balaban J connectivity index is 0.000000921. The number of hydrogen-bond donors (Lipinski definition) is 2. The van der Waals surface area contributed by atoms with E-state index in [1.165, 1.54) is 7.05 Å². The van der Waals surface area contributed by atoms with E-state index in [-0.39, 0.29) is 0 Å². The van der Waals surface area contributed by atoms with Crippen molar-refractivity contribution in [3.63, 3.8) is 0 Å². The van der Waals surface area contributed by atoms with Crippen molar-refractivity contribution in [1.82, 2.24) is 14.9 Å². The number of amides is 1. The van der Waals surface area contributed by atoms with Gasteiger partial charge in [-0.3, -0.25) is 9.78 Å². The lowest BCUT2D eigenvalue weighted by atomic mass is 10.6. The molecular formula is C8H12FN3O3. The molecule has 2 N–H and O–H groups in total. The standard InChI is InChI=1S/C6H6FN3O3.C2H6/c1-8-5(12)10-2-3(7)4(11)9-6(10)13;1-2/h2H,1H3,(H,8,12)(H,9,11,13);1-2H3. The van der Waals surface area contributed by atoms with E-state index in [0.29, 0.717) is 10.8 Å². The molecule has 1 amide bonds. The van der Waals surface area contributed by atoms with Crippen molar-refractivity contribution in [3.05, 3.63) is 32.9 Å². The van der Waals surface area contributed by atoms with Crippen molar-refractivity contribution < 1.29 is 9.18 Å². The fourth-order valence-electron chi connectivity index (χ4n) is 0.719. The molecule has 15 heavy (non-hydrogen) atoms. The fraction of sp³-hybridized carbons (Fsp3) is 0.375. The molecule has 0 aromatic carbocycles. The number of rotatable bonds is 0. The summed E-state index contributed by atoms with van der Waals surface area (Å²) >= 11 is 0. The van der Waals surface area contributed by atoms with Gasteiger partial charge in [-0.15, -0.1) is 0 Å². The highest BCUT2D eigenvalue weighted by Crippen LogP contribution is 1.82. The monoisotopic (exact) mass is 217 g/mol. The van der Waals surface area contributed by atoms with Crippen LogP contribution in [0.5, 0.6) is 0 Å².